The molecule has 0 saturated heterocycles. The molecule has 2 aromatic rings. The molecule has 0 aliphatic heterocycles. The summed E-state index contributed by atoms with van der Waals surface area (Å²) in [6, 6.07) is 7.82. The van der Waals surface area contributed by atoms with Crippen LogP contribution in [0.15, 0.2) is 28.8 Å². The summed E-state index contributed by atoms with van der Waals surface area (Å²) >= 11 is 0. The van der Waals surface area contributed by atoms with Gasteiger partial charge in [0, 0.05) is 6.42 Å². The Kier molecular flexibility index (Phi) is 5.04. The molecule has 0 saturated carbocycles. The van der Waals surface area contributed by atoms with Crippen molar-refractivity contribution in [3.8, 4) is 0 Å². The number of fused-ring (bicyclic) bond motifs is 1. The van der Waals surface area contributed by atoms with Gasteiger partial charge >= 0.3 is 0 Å². The predicted octanol–water partition coefficient (Wildman–Crippen LogP) is 3.65. The van der Waals surface area contributed by atoms with E-state index in [9.17, 15) is 8.42 Å². The van der Waals surface area contributed by atoms with Crippen molar-refractivity contribution >= 4 is 9.84 Å². The molecule has 130 valence electrons. The van der Waals surface area contributed by atoms with Crippen molar-refractivity contribution in [1.82, 2.24) is 10.1 Å². The number of sulfone groups is 1. The fourth-order valence-corrected chi connectivity index (χ4v) is 5.03. The molecule has 5 nitrogen and oxygen atoms in total. The topological polar surface area (TPSA) is 73.1 Å². The summed E-state index contributed by atoms with van der Waals surface area (Å²) in [5.41, 5.74) is 2.07. The summed E-state index contributed by atoms with van der Waals surface area (Å²) in [5, 5.41) is 3.45. The lowest BCUT2D eigenvalue weighted by atomic mass is 9.91. The molecule has 24 heavy (non-hydrogen) atoms. The average Bonchev–Trinajstić information content (AvgIpc) is 2.99. The first-order valence-corrected chi connectivity index (χ1v) is 10.3. The number of hydrogen-bond donors (Lipinski definition) is 0. The minimum atomic E-state index is -3.36. The minimum absolute atomic E-state index is 0.180. The molecule has 0 fully saturated rings. The molecule has 1 atom stereocenters. The van der Waals surface area contributed by atoms with Crippen molar-refractivity contribution in [2.24, 2.45) is 5.92 Å². The second-order valence-corrected chi connectivity index (χ2v) is 9.11. The zero-order valence-corrected chi connectivity index (χ0v) is 15.1. The van der Waals surface area contributed by atoms with Gasteiger partial charge in [-0.2, -0.15) is 4.98 Å². The first-order valence-electron chi connectivity index (χ1n) is 8.56. The van der Waals surface area contributed by atoms with Gasteiger partial charge < -0.3 is 4.52 Å². The summed E-state index contributed by atoms with van der Waals surface area (Å²) < 4.78 is 30.9. The van der Waals surface area contributed by atoms with Gasteiger partial charge in [-0.25, -0.2) is 8.42 Å². The number of benzene rings is 1. The van der Waals surface area contributed by atoms with E-state index in [4.69, 9.17) is 4.52 Å². The second kappa shape index (κ2) is 7.05. The maximum absolute atomic E-state index is 12.9. The Balaban J connectivity index is 1.75. The standard InChI is InChI=1S/C18H24N2O3S/c1-13(2)10-11-17-19-18(23-20-17)12-24(21,22)16-9-5-7-14-6-3-4-8-15(14)16/h3-4,6,8,13,16H,5,7,9-12H2,1-2H3/t16-/m1/s1. The molecule has 0 amide bonds. The van der Waals surface area contributed by atoms with Gasteiger partial charge in [-0.1, -0.05) is 43.3 Å². The Morgan fingerprint density at radius 3 is 2.88 bits per heavy atom. The Morgan fingerprint density at radius 1 is 1.29 bits per heavy atom. The molecule has 0 radical (unpaired) electrons. The molecule has 1 aromatic carbocycles. The summed E-state index contributed by atoms with van der Waals surface area (Å²) in [6.45, 7) is 4.26. The molecule has 6 heteroatoms. The van der Waals surface area contributed by atoms with Crippen molar-refractivity contribution in [3.63, 3.8) is 0 Å². The maximum Gasteiger partial charge on any atom is 0.241 e. The van der Waals surface area contributed by atoms with E-state index >= 15 is 0 Å². The highest BCUT2D eigenvalue weighted by Crippen LogP contribution is 2.36. The number of aromatic nitrogens is 2. The van der Waals surface area contributed by atoms with Gasteiger partial charge in [-0.3, -0.25) is 0 Å². The molecule has 0 N–H and O–H groups in total. The highest BCUT2D eigenvalue weighted by atomic mass is 32.2. The number of rotatable bonds is 6. The zero-order chi connectivity index (χ0) is 17.2. The Morgan fingerprint density at radius 2 is 2.08 bits per heavy atom. The first kappa shape index (κ1) is 17.1. The SMILES string of the molecule is CC(C)CCc1noc(CS(=O)(=O)[C@@H]2CCCc3ccccc32)n1. The molecule has 1 aromatic heterocycles. The number of hydrogen-bond acceptors (Lipinski definition) is 5. The van der Waals surface area contributed by atoms with Gasteiger partial charge in [0.05, 0.1) is 5.25 Å². The van der Waals surface area contributed by atoms with Crippen LogP contribution in [-0.4, -0.2) is 18.6 Å². The van der Waals surface area contributed by atoms with E-state index in [2.05, 4.69) is 24.0 Å². The maximum atomic E-state index is 12.9. The van der Waals surface area contributed by atoms with Gasteiger partial charge in [-0.05, 0) is 42.7 Å². The third-order valence-corrected chi connectivity index (χ3v) is 6.53. The molecule has 0 bridgehead atoms. The molecule has 3 rings (SSSR count). The van der Waals surface area contributed by atoms with Gasteiger partial charge in [0.2, 0.25) is 5.89 Å². The molecule has 1 aliphatic rings. The first-order chi connectivity index (χ1) is 11.5. The molecule has 1 aliphatic carbocycles. The van der Waals surface area contributed by atoms with E-state index in [1.165, 1.54) is 0 Å². The van der Waals surface area contributed by atoms with Crippen molar-refractivity contribution < 1.29 is 12.9 Å². The summed E-state index contributed by atoms with van der Waals surface area (Å²) in [4.78, 5) is 4.26. The smallest absolute Gasteiger partial charge is 0.241 e. The summed E-state index contributed by atoms with van der Waals surface area (Å²) in [6.07, 6.45) is 4.18. The van der Waals surface area contributed by atoms with Crippen molar-refractivity contribution in [3.05, 3.63) is 47.1 Å². The third kappa shape index (κ3) is 3.86. The van der Waals surface area contributed by atoms with E-state index in [1.54, 1.807) is 0 Å². The van der Waals surface area contributed by atoms with Crippen LogP contribution in [0.4, 0.5) is 0 Å². The van der Waals surface area contributed by atoms with Crippen LogP contribution in [0.2, 0.25) is 0 Å². The van der Waals surface area contributed by atoms with Crippen LogP contribution in [-0.2, 0) is 28.4 Å². The molecular formula is C18H24N2O3S. The van der Waals surface area contributed by atoms with Gasteiger partial charge in [-0.15, -0.1) is 0 Å². The summed E-state index contributed by atoms with van der Waals surface area (Å²) in [5.74, 6) is 1.17. The lowest BCUT2D eigenvalue weighted by Crippen LogP contribution is -2.20. The van der Waals surface area contributed by atoms with Crippen LogP contribution >= 0.6 is 0 Å². The van der Waals surface area contributed by atoms with E-state index in [0.717, 1.165) is 30.4 Å². The lowest BCUT2D eigenvalue weighted by molar-refractivity contribution is 0.380. The van der Waals surface area contributed by atoms with E-state index in [0.29, 0.717) is 24.6 Å². The lowest BCUT2D eigenvalue weighted by Gasteiger charge is -2.24. The Bertz CT molecular complexity index is 796. The average molecular weight is 348 g/mol. The second-order valence-electron chi connectivity index (χ2n) is 6.92. The van der Waals surface area contributed by atoms with Gasteiger partial charge in [0.15, 0.2) is 15.7 Å². The van der Waals surface area contributed by atoms with Crippen LogP contribution in [0.1, 0.15) is 61.2 Å². The number of aryl methyl sites for hydroxylation is 2. The molecular weight excluding hydrogens is 324 g/mol. The minimum Gasteiger partial charge on any atom is -0.338 e. The fourth-order valence-electron chi connectivity index (χ4n) is 3.22. The van der Waals surface area contributed by atoms with Crippen molar-refractivity contribution in [2.45, 2.75) is 57.0 Å². The van der Waals surface area contributed by atoms with Crippen molar-refractivity contribution in [2.75, 3.05) is 0 Å². The van der Waals surface area contributed by atoms with Crippen LogP contribution in [0.5, 0.6) is 0 Å². The number of nitrogens with zero attached hydrogens (tertiary/aromatic N) is 2. The van der Waals surface area contributed by atoms with E-state index in [1.807, 2.05) is 24.3 Å². The van der Waals surface area contributed by atoms with Gasteiger partial charge in [0.25, 0.3) is 0 Å². The molecule has 0 unspecified atom stereocenters. The van der Waals surface area contributed by atoms with Crippen LogP contribution in [0.3, 0.4) is 0 Å². The molecule has 0 spiro atoms. The van der Waals surface area contributed by atoms with Gasteiger partial charge in [0.1, 0.15) is 5.75 Å². The zero-order valence-electron chi connectivity index (χ0n) is 14.2. The predicted molar refractivity (Wildman–Crippen MR) is 92.2 cm³/mol. The summed E-state index contributed by atoms with van der Waals surface area (Å²) in [7, 11) is -3.36. The van der Waals surface area contributed by atoms with Crippen LogP contribution < -0.4 is 0 Å². The third-order valence-electron chi connectivity index (χ3n) is 4.53. The largest absolute Gasteiger partial charge is 0.338 e. The highest BCUT2D eigenvalue weighted by Gasteiger charge is 2.32. The van der Waals surface area contributed by atoms with Crippen LogP contribution in [0.25, 0.3) is 0 Å². The fraction of sp³-hybridized carbons (Fsp3) is 0.556. The Hall–Kier alpha value is -1.69. The molecule has 1 heterocycles. The van der Waals surface area contributed by atoms with E-state index < -0.39 is 15.1 Å². The quantitative estimate of drug-likeness (QED) is 0.796. The normalized spacial score (nSPS) is 17.9. The van der Waals surface area contributed by atoms with E-state index in [-0.39, 0.29) is 11.6 Å². The Labute approximate surface area is 143 Å². The van der Waals surface area contributed by atoms with Crippen molar-refractivity contribution in [1.29, 1.82) is 0 Å². The monoisotopic (exact) mass is 348 g/mol. The highest BCUT2D eigenvalue weighted by molar-refractivity contribution is 7.90. The van der Waals surface area contributed by atoms with Crippen LogP contribution in [0, 0.1) is 5.92 Å².